The second kappa shape index (κ2) is 5.00. The largest absolute Gasteiger partial charge is 0.497 e. The van der Waals surface area contributed by atoms with E-state index in [0.717, 1.165) is 0 Å². The Labute approximate surface area is 103 Å². The summed E-state index contributed by atoms with van der Waals surface area (Å²) in [5.74, 6) is 0.499. The third kappa shape index (κ3) is 2.40. The SMILES string of the molecule is CCc1nc(-c2ccc(OC)cc2F)cc(=O)[nH]1. The third-order valence-electron chi connectivity index (χ3n) is 2.58. The number of rotatable bonds is 3. The quantitative estimate of drug-likeness (QED) is 0.905. The molecule has 0 bridgehead atoms. The molecule has 5 heteroatoms. The minimum Gasteiger partial charge on any atom is -0.497 e. The van der Waals surface area contributed by atoms with Crippen LogP contribution in [0.5, 0.6) is 5.75 Å². The topological polar surface area (TPSA) is 55.0 Å². The predicted molar refractivity (Wildman–Crippen MR) is 66.2 cm³/mol. The zero-order valence-corrected chi connectivity index (χ0v) is 10.2. The number of benzene rings is 1. The highest BCUT2D eigenvalue weighted by Crippen LogP contribution is 2.23. The van der Waals surface area contributed by atoms with Gasteiger partial charge in [0.2, 0.25) is 0 Å². The van der Waals surface area contributed by atoms with Gasteiger partial charge in [-0.05, 0) is 12.1 Å². The Balaban J connectivity index is 2.54. The van der Waals surface area contributed by atoms with Gasteiger partial charge in [-0.1, -0.05) is 6.92 Å². The van der Waals surface area contributed by atoms with Crippen LogP contribution in [0.25, 0.3) is 11.3 Å². The summed E-state index contributed by atoms with van der Waals surface area (Å²) in [5, 5.41) is 0. The summed E-state index contributed by atoms with van der Waals surface area (Å²) in [6, 6.07) is 5.73. The Hall–Kier alpha value is -2.17. The van der Waals surface area contributed by atoms with Crippen LogP contribution in [0, 0.1) is 5.82 Å². The number of nitrogens with zero attached hydrogens (tertiary/aromatic N) is 1. The molecule has 0 atom stereocenters. The van der Waals surface area contributed by atoms with Crippen molar-refractivity contribution in [2.45, 2.75) is 13.3 Å². The molecule has 0 fully saturated rings. The van der Waals surface area contributed by atoms with Gasteiger partial charge in [0.25, 0.3) is 5.56 Å². The minimum absolute atomic E-state index is 0.285. The van der Waals surface area contributed by atoms with Crippen LogP contribution in [0.3, 0.4) is 0 Å². The van der Waals surface area contributed by atoms with Gasteiger partial charge in [0.05, 0.1) is 12.8 Å². The highest BCUT2D eigenvalue weighted by atomic mass is 19.1. The molecule has 1 aromatic heterocycles. The number of aryl methyl sites for hydroxylation is 1. The van der Waals surface area contributed by atoms with Crippen LogP contribution in [0.1, 0.15) is 12.7 Å². The van der Waals surface area contributed by atoms with E-state index in [1.54, 1.807) is 12.1 Å². The Morgan fingerprint density at radius 1 is 1.39 bits per heavy atom. The Kier molecular flexibility index (Phi) is 3.41. The average Bonchev–Trinajstić information content (AvgIpc) is 2.37. The molecule has 0 aliphatic rings. The summed E-state index contributed by atoms with van der Waals surface area (Å²) >= 11 is 0. The van der Waals surface area contributed by atoms with Crippen LogP contribution < -0.4 is 10.3 Å². The van der Waals surface area contributed by atoms with Gasteiger partial charge in [-0.25, -0.2) is 9.37 Å². The van der Waals surface area contributed by atoms with Crippen molar-refractivity contribution in [1.29, 1.82) is 0 Å². The predicted octanol–water partition coefficient (Wildman–Crippen LogP) is 2.15. The maximum atomic E-state index is 13.9. The molecular weight excluding hydrogens is 235 g/mol. The molecule has 1 N–H and O–H groups in total. The van der Waals surface area contributed by atoms with E-state index in [9.17, 15) is 9.18 Å². The van der Waals surface area contributed by atoms with Crippen molar-refractivity contribution in [3.8, 4) is 17.0 Å². The third-order valence-corrected chi connectivity index (χ3v) is 2.58. The lowest BCUT2D eigenvalue weighted by atomic mass is 10.1. The maximum absolute atomic E-state index is 13.9. The number of halogens is 1. The van der Waals surface area contributed by atoms with Crippen LogP contribution in [0.15, 0.2) is 29.1 Å². The van der Waals surface area contributed by atoms with Crippen molar-refractivity contribution in [2.75, 3.05) is 7.11 Å². The van der Waals surface area contributed by atoms with Gasteiger partial charge < -0.3 is 9.72 Å². The van der Waals surface area contributed by atoms with Gasteiger partial charge in [0.15, 0.2) is 0 Å². The molecule has 0 amide bonds. The number of hydrogen-bond donors (Lipinski definition) is 1. The van der Waals surface area contributed by atoms with E-state index in [0.29, 0.717) is 23.7 Å². The van der Waals surface area contributed by atoms with Crippen LogP contribution in [0.4, 0.5) is 4.39 Å². The number of hydrogen-bond acceptors (Lipinski definition) is 3. The van der Waals surface area contributed by atoms with Gasteiger partial charge in [-0.15, -0.1) is 0 Å². The summed E-state index contributed by atoms with van der Waals surface area (Å²) in [5.41, 5.74) is 0.333. The van der Waals surface area contributed by atoms with Crippen LogP contribution in [0.2, 0.25) is 0 Å². The highest BCUT2D eigenvalue weighted by molar-refractivity contribution is 5.60. The fourth-order valence-electron chi connectivity index (χ4n) is 1.64. The number of methoxy groups -OCH3 is 1. The molecule has 0 radical (unpaired) electrons. The zero-order valence-electron chi connectivity index (χ0n) is 10.2. The van der Waals surface area contributed by atoms with Crippen LogP contribution >= 0.6 is 0 Å². The summed E-state index contributed by atoms with van der Waals surface area (Å²) in [4.78, 5) is 18.2. The van der Waals surface area contributed by atoms with E-state index < -0.39 is 5.82 Å². The van der Waals surface area contributed by atoms with E-state index in [-0.39, 0.29) is 11.1 Å². The summed E-state index contributed by atoms with van der Waals surface area (Å²) < 4.78 is 18.8. The van der Waals surface area contributed by atoms with Crippen LogP contribution in [-0.2, 0) is 6.42 Å². The van der Waals surface area contributed by atoms with Gasteiger partial charge >= 0.3 is 0 Å². The van der Waals surface area contributed by atoms with E-state index >= 15 is 0 Å². The van der Waals surface area contributed by atoms with E-state index in [2.05, 4.69) is 9.97 Å². The van der Waals surface area contributed by atoms with Gasteiger partial charge in [-0.3, -0.25) is 4.79 Å². The van der Waals surface area contributed by atoms with Gasteiger partial charge in [-0.2, -0.15) is 0 Å². The molecule has 1 heterocycles. The number of H-pyrrole nitrogens is 1. The first-order valence-corrected chi connectivity index (χ1v) is 5.58. The van der Waals surface area contributed by atoms with Crippen LogP contribution in [-0.4, -0.2) is 17.1 Å². The molecule has 2 aromatic rings. The van der Waals surface area contributed by atoms with Crippen molar-refractivity contribution in [3.05, 3.63) is 46.3 Å². The number of aromatic nitrogens is 2. The molecule has 0 aliphatic heterocycles. The second-order valence-corrected chi connectivity index (χ2v) is 3.78. The van der Waals surface area contributed by atoms with Crippen molar-refractivity contribution >= 4 is 0 Å². The Bertz CT molecular complexity index is 623. The first-order valence-electron chi connectivity index (χ1n) is 5.58. The Morgan fingerprint density at radius 2 is 2.17 bits per heavy atom. The van der Waals surface area contributed by atoms with Crippen molar-refractivity contribution < 1.29 is 9.13 Å². The number of ether oxygens (including phenoxy) is 1. The lowest BCUT2D eigenvalue weighted by molar-refractivity contribution is 0.411. The summed E-state index contributed by atoms with van der Waals surface area (Å²) in [6.07, 6.45) is 0.584. The van der Waals surface area contributed by atoms with Gasteiger partial charge in [0.1, 0.15) is 17.4 Å². The first kappa shape index (κ1) is 12.3. The van der Waals surface area contributed by atoms with E-state index in [1.165, 1.54) is 19.2 Å². The normalized spacial score (nSPS) is 10.4. The van der Waals surface area contributed by atoms with Gasteiger partial charge in [0, 0.05) is 24.1 Å². The first-order chi connectivity index (χ1) is 8.63. The zero-order chi connectivity index (χ0) is 13.1. The molecular formula is C13H13FN2O2. The molecule has 94 valence electrons. The fraction of sp³-hybridized carbons (Fsp3) is 0.231. The number of aromatic amines is 1. The lowest BCUT2D eigenvalue weighted by Crippen LogP contribution is -2.10. The monoisotopic (exact) mass is 248 g/mol. The second-order valence-electron chi connectivity index (χ2n) is 3.78. The Morgan fingerprint density at radius 3 is 2.78 bits per heavy atom. The van der Waals surface area contributed by atoms with Crippen molar-refractivity contribution in [2.24, 2.45) is 0 Å². The van der Waals surface area contributed by atoms with Crippen molar-refractivity contribution in [1.82, 2.24) is 9.97 Å². The summed E-state index contributed by atoms with van der Waals surface area (Å²) in [6.45, 7) is 1.87. The molecule has 4 nitrogen and oxygen atoms in total. The summed E-state index contributed by atoms with van der Waals surface area (Å²) in [7, 11) is 1.47. The smallest absolute Gasteiger partial charge is 0.251 e. The highest BCUT2D eigenvalue weighted by Gasteiger charge is 2.09. The van der Waals surface area contributed by atoms with E-state index in [4.69, 9.17) is 4.74 Å². The van der Waals surface area contributed by atoms with Crippen molar-refractivity contribution in [3.63, 3.8) is 0 Å². The molecule has 0 aliphatic carbocycles. The average molecular weight is 248 g/mol. The molecule has 0 unspecified atom stereocenters. The molecule has 0 saturated heterocycles. The molecule has 0 spiro atoms. The molecule has 2 rings (SSSR count). The number of nitrogens with one attached hydrogen (secondary N) is 1. The standard InChI is InChI=1S/C13H13FN2O2/c1-3-12-15-11(7-13(17)16-12)9-5-4-8(18-2)6-10(9)14/h4-7H,3H2,1-2H3,(H,15,16,17). The lowest BCUT2D eigenvalue weighted by Gasteiger charge is -2.06. The minimum atomic E-state index is -0.463. The maximum Gasteiger partial charge on any atom is 0.251 e. The molecule has 18 heavy (non-hydrogen) atoms. The fourth-order valence-corrected chi connectivity index (χ4v) is 1.64. The molecule has 0 saturated carbocycles. The van der Waals surface area contributed by atoms with E-state index in [1.807, 2.05) is 6.92 Å². The molecule has 1 aromatic carbocycles.